The molecule has 1 aromatic carbocycles. The first kappa shape index (κ1) is 11.8. The van der Waals surface area contributed by atoms with E-state index in [1.54, 1.807) is 13.0 Å². The largest absolute Gasteiger partial charge is 0.481 e. The van der Waals surface area contributed by atoms with Gasteiger partial charge in [-0.15, -0.1) is 0 Å². The molecule has 0 spiro atoms. The maximum Gasteiger partial charge on any atom is 0.313 e. The van der Waals surface area contributed by atoms with E-state index in [9.17, 15) is 9.18 Å². The van der Waals surface area contributed by atoms with Gasteiger partial charge < -0.3 is 5.11 Å². The van der Waals surface area contributed by atoms with Crippen molar-refractivity contribution in [1.29, 1.82) is 0 Å². The van der Waals surface area contributed by atoms with Crippen LogP contribution >= 0.6 is 11.8 Å². The molecular formula is C11H9FN2O2S. The second kappa shape index (κ2) is 4.67. The number of hydrogen-bond donors (Lipinski definition) is 1. The molecule has 0 amide bonds. The van der Waals surface area contributed by atoms with Gasteiger partial charge in [-0.25, -0.2) is 14.4 Å². The molecule has 2 aromatic rings. The summed E-state index contributed by atoms with van der Waals surface area (Å²) in [6.45, 7) is 1.72. The highest BCUT2D eigenvalue weighted by Crippen LogP contribution is 2.25. The average molecular weight is 252 g/mol. The lowest BCUT2D eigenvalue weighted by Crippen LogP contribution is -2.00. The summed E-state index contributed by atoms with van der Waals surface area (Å²) in [7, 11) is 0. The molecule has 17 heavy (non-hydrogen) atoms. The lowest BCUT2D eigenvalue weighted by atomic mass is 10.2. The van der Waals surface area contributed by atoms with Crippen molar-refractivity contribution in [3.05, 3.63) is 29.8 Å². The highest BCUT2D eigenvalue weighted by molar-refractivity contribution is 8.00. The first-order valence-corrected chi connectivity index (χ1v) is 5.83. The van der Waals surface area contributed by atoms with Crippen molar-refractivity contribution >= 4 is 28.6 Å². The van der Waals surface area contributed by atoms with Crippen LogP contribution in [0.5, 0.6) is 0 Å². The van der Waals surface area contributed by atoms with Gasteiger partial charge in [0.05, 0.1) is 11.3 Å². The van der Waals surface area contributed by atoms with Gasteiger partial charge >= 0.3 is 5.97 Å². The predicted molar refractivity (Wildman–Crippen MR) is 62.6 cm³/mol. The van der Waals surface area contributed by atoms with Crippen LogP contribution in [0.15, 0.2) is 23.2 Å². The maximum absolute atomic E-state index is 13.1. The molecule has 0 atom stereocenters. The number of carboxylic acids is 1. The van der Waals surface area contributed by atoms with Crippen molar-refractivity contribution in [3.8, 4) is 0 Å². The molecule has 0 aliphatic heterocycles. The number of halogens is 1. The molecule has 0 radical (unpaired) electrons. The van der Waals surface area contributed by atoms with Crippen LogP contribution in [0.1, 0.15) is 5.82 Å². The zero-order valence-electron chi connectivity index (χ0n) is 8.98. The standard InChI is InChI=1S/C11H9FN2O2S/c1-6-13-9-3-2-7(12)4-8(9)11(14-6)17-5-10(15)16/h2-4H,5H2,1H3,(H,15,16). The maximum atomic E-state index is 13.1. The number of carboxylic acid groups (broad SMARTS) is 1. The number of aromatic nitrogens is 2. The summed E-state index contributed by atoms with van der Waals surface area (Å²) in [5.74, 6) is -0.892. The topological polar surface area (TPSA) is 63.1 Å². The fourth-order valence-corrected chi connectivity index (χ4v) is 2.20. The van der Waals surface area contributed by atoms with Crippen LogP contribution in [-0.2, 0) is 4.79 Å². The third-order valence-corrected chi connectivity index (χ3v) is 3.04. The molecule has 1 N–H and O–H groups in total. The minimum Gasteiger partial charge on any atom is -0.481 e. The summed E-state index contributed by atoms with van der Waals surface area (Å²) < 4.78 is 13.1. The van der Waals surface area contributed by atoms with Gasteiger partial charge in [0.15, 0.2) is 0 Å². The van der Waals surface area contributed by atoms with Crippen LogP contribution in [0.25, 0.3) is 10.9 Å². The van der Waals surface area contributed by atoms with Crippen LogP contribution in [0.3, 0.4) is 0 Å². The Bertz CT molecular complexity index is 589. The Hall–Kier alpha value is -1.69. The van der Waals surface area contributed by atoms with Gasteiger partial charge in [0.25, 0.3) is 0 Å². The molecule has 0 unspecified atom stereocenters. The van der Waals surface area contributed by atoms with Gasteiger partial charge in [-0.05, 0) is 25.1 Å². The Morgan fingerprint density at radius 2 is 2.24 bits per heavy atom. The number of carbonyl (C=O) groups is 1. The minimum absolute atomic E-state index is 0.109. The van der Waals surface area contributed by atoms with Crippen molar-refractivity contribution in [1.82, 2.24) is 9.97 Å². The Morgan fingerprint density at radius 3 is 2.94 bits per heavy atom. The van der Waals surface area contributed by atoms with Crippen LogP contribution in [0, 0.1) is 12.7 Å². The first-order valence-electron chi connectivity index (χ1n) is 4.85. The number of thioether (sulfide) groups is 1. The van der Waals surface area contributed by atoms with E-state index in [0.717, 1.165) is 11.8 Å². The van der Waals surface area contributed by atoms with E-state index >= 15 is 0 Å². The normalized spacial score (nSPS) is 10.7. The van der Waals surface area contributed by atoms with Gasteiger partial charge in [-0.3, -0.25) is 4.79 Å². The molecule has 2 rings (SSSR count). The molecule has 0 saturated carbocycles. The van der Waals surface area contributed by atoms with E-state index in [1.165, 1.54) is 12.1 Å². The van der Waals surface area contributed by atoms with Gasteiger partial charge in [-0.2, -0.15) is 0 Å². The second-order valence-corrected chi connectivity index (χ2v) is 4.38. The van der Waals surface area contributed by atoms with E-state index in [1.807, 2.05) is 0 Å². The van der Waals surface area contributed by atoms with Crippen LogP contribution in [0.2, 0.25) is 0 Å². The van der Waals surface area contributed by atoms with E-state index in [2.05, 4.69) is 9.97 Å². The quantitative estimate of drug-likeness (QED) is 0.670. The van der Waals surface area contributed by atoms with Crippen molar-refractivity contribution in [3.63, 3.8) is 0 Å². The first-order chi connectivity index (χ1) is 8.06. The SMILES string of the molecule is Cc1nc(SCC(=O)O)c2cc(F)ccc2n1. The summed E-state index contributed by atoms with van der Waals surface area (Å²) in [6, 6.07) is 4.20. The molecule has 88 valence electrons. The van der Waals surface area contributed by atoms with Crippen LogP contribution in [-0.4, -0.2) is 26.8 Å². The number of nitrogens with zero attached hydrogens (tertiary/aromatic N) is 2. The number of aliphatic carboxylic acids is 1. The van der Waals surface area contributed by atoms with E-state index in [-0.39, 0.29) is 11.6 Å². The van der Waals surface area contributed by atoms with Crippen LogP contribution < -0.4 is 0 Å². The second-order valence-electron chi connectivity index (χ2n) is 3.42. The highest BCUT2D eigenvalue weighted by atomic mass is 32.2. The van der Waals surface area contributed by atoms with Crippen molar-refractivity contribution < 1.29 is 14.3 Å². The number of hydrogen-bond acceptors (Lipinski definition) is 4. The Balaban J connectivity index is 2.51. The van der Waals surface area contributed by atoms with Crippen molar-refractivity contribution in [2.24, 2.45) is 0 Å². The third kappa shape index (κ3) is 2.71. The fraction of sp³-hybridized carbons (Fsp3) is 0.182. The number of rotatable bonds is 3. The molecular weight excluding hydrogens is 243 g/mol. The summed E-state index contributed by atoms with van der Waals surface area (Å²) in [5, 5.41) is 9.67. The Kier molecular flexibility index (Phi) is 3.23. The molecule has 4 nitrogen and oxygen atoms in total. The number of aryl methyl sites for hydroxylation is 1. The van der Waals surface area contributed by atoms with Crippen molar-refractivity contribution in [2.45, 2.75) is 11.9 Å². The zero-order chi connectivity index (χ0) is 12.4. The van der Waals surface area contributed by atoms with E-state index in [0.29, 0.717) is 21.8 Å². The highest BCUT2D eigenvalue weighted by Gasteiger charge is 2.09. The molecule has 6 heteroatoms. The summed E-state index contributed by atoms with van der Waals surface area (Å²) in [6.07, 6.45) is 0. The number of fused-ring (bicyclic) bond motifs is 1. The molecule has 0 saturated heterocycles. The monoisotopic (exact) mass is 252 g/mol. The van der Waals surface area contributed by atoms with Gasteiger partial charge in [-0.1, -0.05) is 11.8 Å². The minimum atomic E-state index is -0.934. The number of benzene rings is 1. The molecule has 0 aliphatic rings. The predicted octanol–water partition coefficient (Wildman–Crippen LogP) is 2.25. The van der Waals surface area contributed by atoms with Crippen LogP contribution in [0.4, 0.5) is 4.39 Å². The van der Waals surface area contributed by atoms with Gasteiger partial charge in [0.2, 0.25) is 0 Å². The lowest BCUT2D eigenvalue weighted by molar-refractivity contribution is -0.133. The summed E-state index contributed by atoms with van der Waals surface area (Å²) >= 11 is 1.06. The zero-order valence-corrected chi connectivity index (χ0v) is 9.79. The molecule has 1 heterocycles. The Labute approximate surface area is 101 Å². The lowest BCUT2D eigenvalue weighted by Gasteiger charge is -2.05. The smallest absolute Gasteiger partial charge is 0.313 e. The Morgan fingerprint density at radius 1 is 1.47 bits per heavy atom. The third-order valence-electron chi connectivity index (χ3n) is 2.07. The molecule has 0 bridgehead atoms. The molecule has 0 fully saturated rings. The summed E-state index contributed by atoms with van der Waals surface area (Å²) in [5.41, 5.74) is 0.617. The summed E-state index contributed by atoms with van der Waals surface area (Å²) in [4.78, 5) is 18.8. The average Bonchev–Trinajstić information content (AvgIpc) is 2.26. The van der Waals surface area contributed by atoms with E-state index in [4.69, 9.17) is 5.11 Å². The van der Waals surface area contributed by atoms with Gasteiger partial charge in [0.1, 0.15) is 16.7 Å². The van der Waals surface area contributed by atoms with E-state index < -0.39 is 5.97 Å². The van der Waals surface area contributed by atoms with Crippen molar-refractivity contribution in [2.75, 3.05) is 5.75 Å². The van der Waals surface area contributed by atoms with Gasteiger partial charge in [0, 0.05) is 5.39 Å². The molecule has 1 aromatic heterocycles. The fourth-order valence-electron chi connectivity index (χ4n) is 1.42. The molecule has 0 aliphatic carbocycles.